The quantitative estimate of drug-likeness (QED) is 0.785. The van der Waals surface area contributed by atoms with Crippen LogP contribution in [0, 0.1) is 0 Å². The van der Waals surface area contributed by atoms with E-state index < -0.39 is 0 Å². The minimum atomic E-state index is 0.776. The van der Waals surface area contributed by atoms with Crippen molar-refractivity contribution in [2.75, 3.05) is 7.05 Å². The average molecular weight is 205 g/mol. The maximum absolute atomic E-state index is 4.33. The Hall–Kier alpha value is -1.62. The largest absolute Gasteiger partial charge is 0.328 e. The molecule has 2 aromatic heterocycles. The Morgan fingerprint density at radius 1 is 1.40 bits per heavy atom. The summed E-state index contributed by atoms with van der Waals surface area (Å²) in [5, 5.41) is 7.43. The van der Waals surface area contributed by atoms with Crippen LogP contribution >= 0.6 is 0 Å². The number of nitrogens with zero attached hydrogens (tertiary/aromatic N) is 4. The number of hydrogen-bond donors (Lipinski definition) is 1. The lowest BCUT2D eigenvalue weighted by Gasteiger charge is -2.04. The highest BCUT2D eigenvalue weighted by molar-refractivity contribution is 5.03. The van der Waals surface area contributed by atoms with Gasteiger partial charge in [0.25, 0.3) is 0 Å². The predicted octanol–water partition coefficient (Wildman–Crippen LogP) is 0.384. The fourth-order valence-electron chi connectivity index (χ4n) is 1.53. The Balaban J connectivity index is 2.13. The molecule has 5 heteroatoms. The van der Waals surface area contributed by atoms with Gasteiger partial charge in [-0.05, 0) is 13.1 Å². The molecule has 0 aliphatic rings. The number of imidazole rings is 1. The molecule has 0 aliphatic heterocycles. The van der Waals surface area contributed by atoms with Crippen molar-refractivity contribution in [2.45, 2.75) is 13.1 Å². The van der Waals surface area contributed by atoms with E-state index in [1.165, 1.54) is 0 Å². The third-order valence-corrected chi connectivity index (χ3v) is 2.24. The van der Waals surface area contributed by atoms with E-state index in [-0.39, 0.29) is 0 Å². The van der Waals surface area contributed by atoms with E-state index in [9.17, 15) is 0 Å². The van der Waals surface area contributed by atoms with Crippen molar-refractivity contribution in [3.8, 4) is 0 Å². The van der Waals surface area contributed by atoms with Crippen molar-refractivity contribution in [3.05, 3.63) is 36.2 Å². The highest BCUT2D eigenvalue weighted by Crippen LogP contribution is 2.02. The predicted molar refractivity (Wildman–Crippen MR) is 57.3 cm³/mol. The Kier molecular flexibility index (Phi) is 2.82. The molecule has 0 fully saturated rings. The maximum atomic E-state index is 4.33. The van der Waals surface area contributed by atoms with Crippen LogP contribution in [0.4, 0.5) is 0 Å². The van der Waals surface area contributed by atoms with Crippen molar-refractivity contribution < 1.29 is 0 Å². The Morgan fingerprint density at radius 3 is 2.93 bits per heavy atom. The van der Waals surface area contributed by atoms with Crippen molar-refractivity contribution in [1.29, 1.82) is 0 Å². The molecule has 5 nitrogen and oxygen atoms in total. The van der Waals surface area contributed by atoms with Gasteiger partial charge in [0.05, 0.1) is 18.8 Å². The Labute approximate surface area is 88.7 Å². The topological polar surface area (TPSA) is 47.7 Å². The third kappa shape index (κ3) is 2.24. The van der Waals surface area contributed by atoms with Crippen LogP contribution in [0.3, 0.4) is 0 Å². The minimum Gasteiger partial charge on any atom is -0.328 e. The van der Waals surface area contributed by atoms with Crippen LogP contribution in [0.2, 0.25) is 0 Å². The fraction of sp³-hybridized carbons (Fsp3) is 0.400. The molecule has 0 amide bonds. The van der Waals surface area contributed by atoms with Crippen LogP contribution in [0.15, 0.2) is 24.7 Å². The molecule has 15 heavy (non-hydrogen) atoms. The van der Waals surface area contributed by atoms with E-state index >= 15 is 0 Å². The molecule has 1 N–H and O–H groups in total. The van der Waals surface area contributed by atoms with E-state index in [0.29, 0.717) is 0 Å². The van der Waals surface area contributed by atoms with E-state index in [0.717, 1.165) is 24.6 Å². The second-order valence-corrected chi connectivity index (χ2v) is 3.48. The van der Waals surface area contributed by atoms with Gasteiger partial charge in [0.15, 0.2) is 0 Å². The molecule has 0 aromatic carbocycles. The maximum Gasteiger partial charge on any atom is 0.123 e. The first-order valence-corrected chi connectivity index (χ1v) is 4.92. The molecule has 0 saturated carbocycles. The van der Waals surface area contributed by atoms with Crippen molar-refractivity contribution in [3.63, 3.8) is 0 Å². The lowest BCUT2D eigenvalue weighted by Crippen LogP contribution is -2.12. The summed E-state index contributed by atoms with van der Waals surface area (Å²) in [6.07, 6.45) is 5.74. The van der Waals surface area contributed by atoms with Gasteiger partial charge in [0.2, 0.25) is 0 Å². The first kappa shape index (κ1) is 9.92. The summed E-state index contributed by atoms with van der Waals surface area (Å²) in [6.45, 7) is 1.55. The molecule has 80 valence electrons. The fourth-order valence-corrected chi connectivity index (χ4v) is 1.53. The van der Waals surface area contributed by atoms with Crippen LogP contribution in [0.1, 0.15) is 11.5 Å². The van der Waals surface area contributed by atoms with Crippen molar-refractivity contribution >= 4 is 0 Å². The Morgan fingerprint density at radius 2 is 2.27 bits per heavy atom. The van der Waals surface area contributed by atoms with Gasteiger partial charge >= 0.3 is 0 Å². The van der Waals surface area contributed by atoms with Crippen LogP contribution in [-0.2, 0) is 20.1 Å². The lowest BCUT2D eigenvalue weighted by atomic mass is 10.4. The lowest BCUT2D eigenvalue weighted by molar-refractivity contribution is 0.650. The molecule has 0 aliphatic carbocycles. The summed E-state index contributed by atoms with van der Waals surface area (Å²) in [6, 6.07) is 2.02. The molecule has 0 radical (unpaired) electrons. The highest BCUT2D eigenvalue weighted by Gasteiger charge is 2.03. The van der Waals surface area contributed by atoms with Gasteiger partial charge < -0.3 is 9.88 Å². The monoisotopic (exact) mass is 205 g/mol. The van der Waals surface area contributed by atoms with Gasteiger partial charge in [-0.15, -0.1) is 0 Å². The highest BCUT2D eigenvalue weighted by atomic mass is 15.3. The molecule has 0 saturated heterocycles. The second-order valence-electron chi connectivity index (χ2n) is 3.48. The van der Waals surface area contributed by atoms with Gasteiger partial charge in [-0.2, -0.15) is 5.10 Å². The minimum absolute atomic E-state index is 0.776. The van der Waals surface area contributed by atoms with Crippen LogP contribution in [0.5, 0.6) is 0 Å². The zero-order valence-electron chi connectivity index (χ0n) is 9.01. The van der Waals surface area contributed by atoms with Crippen molar-refractivity contribution in [2.24, 2.45) is 7.05 Å². The number of aryl methyl sites for hydroxylation is 1. The van der Waals surface area contributed by atoms with E-state index in [2.05, 4.69) is 20.0 Å². The smallest absolute Gasteiger partial charge is 0.123 e. The summed E-state index contributed by atoms with van der Waals surface area (Å²) < 4.78 is 3.91. The van der Waals surface area contributed by atoms with Crippen LogP contribution < -0.4 is 5.32 Å². The number of aromatic nitrogens is 4. The SMILES string of the molecule is CNCc1nccn1Cc1ccn(C)n1. The summed E-state index contributed by atoms with van der Waals surface area (Å²) in [7, 11) is 3.84. The van der Waals surface area contributed by atoms with Crippen LogP contribution in [-0.4, -0.2) is 26.4 Å². The second kappa shape index (κ2) is 4.27. The molecular weight excluding hydrogens is 190 g/mol. The molecule has 2 rings (SSSR count). The average Bonchev–Trinajstić information content (AvgIpc) is 2.78. The number of nitrogens with one attached hydrogen (secondary N) is 1. The van der Waals surface area contributed by atoms with Gasteiger partial charge in [-0.1, -0.05) is 0 Å². The third-order valence-electron chi connectivity index (χ3n) is 2.24. The summed E-state index contributed by atoms with van der Waals surface area (Å²) in [5.41, 5.74) is 1.05. The zero-order valence-corrected chi connectivity index (χ0v) is 9.01. The van der Waals surface area contributed by atoms with E-state index in [1.807, 2.05) is 43.4 Å². The molecule has 0 unspecified atom stereocenters. The summed E-state index contributed by atoms with van der Waals surface area (Å²) in [4.78, 5) is 4.27. The molecule has 0 atom stereocenters. The molecular formula is C10H15N5. The first-order chi connectivity index (χ1) is 7.29. The van der Waals surface area contributed by atoms with Gasteiger partial charge in [0, 0.05) is 25.6 Å². The van der Waals surface area contributed by atoms with Crippen molar-refractivity contribution in [1.82, 2.24) is 24.6 Å². The Bertz CT molecular complexity index is 428. The summed E-state index contributed by atoms with van der Waals surface area (Å²) in [5.74, 6) is 1.03. The molecule has 2 heterocycles. The molecule has 2 aromatic rings. The first-order valence-electron chi connectivity index (χ1n) is 4.92. The van der Waals surface area contributed by atoms with Gasteiger partial charge in [-0.3, -0.25) is 4.68 Å². The van der Waals surface area contributed by atoms with Gasteiger partial charge in [0.1, 0.15) is 5.82 Å². The standard InChI is InChI=1S/C10H15N5/c1-11-7-10-12-4-6-15(10)8-9-3-5-14(2)13-9/h3-6,11H,7-8H2,1-2H3. The van der Waals surface area contributed by atoms with E-state index in [1.54, 1.807) is 0 Å². The molecule has 0 spiro atoms. The summed E-state index contributed by atoms with van der Waals surface area (Å²) >= 11 is 0. The molecule has 0 bridgehead atoms. The van der Waals surface area contributed by atoms with Crippen LogP contribution in [0.25, 0.3) is 0 Å². The van der Waals surface area contributed by atoms with E-state index in [4.69, 9.17) is 0 Å². The van der Waals surface area contributed by atoms with Gasteiger partial charge in [-0.25, -0.2) is 4.98 Å². The number of hydrogen-bond acceptors (Lipinski definition) is 3. The number of rotatable bonds is 4. The zero-order chi connectivity index (χ0) is 10.7. The normalized spacial score (nSPS) is 10.8.